The van der Waals surface area contributed by atoms with Crippen molar-refractivity contribution in [3.63, 3.8) is 0 Å². The molecule has 0 spiro atoms. The number of likely N-dealkylation sites (tertiary alicyclic amines) is 1. The van der Waals surface area contributed by atoms with Gasteiger partial charge in [-0.1, -0.05) is 67.1 Å². The summed E-state index contributed by atoms with van der Waals surface area (Å²) in [6.07, 6.45) is 4.45. The standard InChI is InChI=1S/C33H41ClN2O3/c1-3-23-8-4-9-26(20-23)32-28(11-5-12-29(32)34)31(39-2)14-6-13-30(37)27-10-7-19-36(22-27)33(38)25-17-15-24(21-35)16-18-25/h4-5,8-9,11-12,15-18,20,27,30-31,37H,3,6-7,10,13-14,19,21-22,35H2,1-2H3. The van der Waals surface area contributed by atoms with Crippen molar-refractivity contribution in [2.45, 2.75) is 64.2 Å². The summed E-state index contributed by atoms with van der Waals surface area (Å²) in [5, 5.41) is 11.8. The second-order valence-corrected chi connectivity index (χ2v) is 10.9. The minimum absolute atomic E-state index is 0.0237. The van der Waals surface area contributed by atoms with Crippen LogP contribution in [-0.4, -0.2) is 42.2 Å². The van der Waals surface area contributed by atoms with Gasteiger partial charge in [-0.25, -0.2) is 0 Å². The average Bonchev–Trinajstić information content (AvgIpc) is 2.99. The number of carbonyl (C=O) groups is 1. The predicted molar refractivity (Wildman–Crippen MR) is 159 cm³/mol. The van der Waals surface area contributed by atoms with Gasteiger partial charge in [0.15, 0.2) is 0 Å². The van der Waals surface area contributed by atoms with Gasteiger partial charge < -0.3 is 20.5 Å². The van der Waals surface area contributed by atoms with Crippen molar-refractivity contribution in [2.24, 2.45) is 11.7 Å². The molecule has 4 rings (SSSR count). The fourth-order valence-corrected chi connectivity index (χ4v) is 5.97. The van der Waals surface area contributed by atoms with Crippen LogP contribution in [0.15, 0.2) is 66.7 Å². The lowest BCUT2D eigenvalue weighted by molar-refractivity contribution is 0.0330. The third kappa shape index (κ3) is 7.29. The van der Waals surface area contributed by atoms with Crippen LogP contribution < -0.4 is 5.73 Å². The fraction of sp³-hybridized carbons (Fsp3) is 0.424. The third-order valence-corrected chi connectivity index (χ3v) is 8.31. The largest absolute Gasteiger partial charge is 0.393 e. The van der Waals surface area contributed by atoms with Crippen LogP contribution in [0.1, 0.15) is 72.2 Å². The number of rotatable bonds is 11. The highest BCUT2D eigenvalue weighted by molar-refractivity contribution is 6.33. The normalized spacial score (nSPS) is 17.2. The van der Waals surface area contributed by atoms with Crippen molar-refractivity contribution in [3.8, 4) is 11.1 Å². The first-order chi connectivity index (χ1) is 18.9. The molecule has 5 nitrogen and oxygen atoms in total. The molecule has 0 saturated carbocycles. The van der Waals surface area contributed by atoms with Crippen molar-refractivity contribution in [3.05, 3.63) is 94.0 Å². The van der Waals surface area contributed by atoms with Crippen LogP contribution in [0.3, 0.4) is 0 Å². The molecular weight excluding hydrogens is 508 g/mol. The number of piperidine rings is 1. The van der Waals surface area contributed by atoms with Gasteiger partial charge in [0.05, 0.1) is 12.2 Å². The Morgan fingerprint density at radius 1 is 1.10 bits per heavy atom. The Kier molecular flexibility index (Phi) is 10.6. The molecule has 1 aliphatic heterocycles. The van der Waals surface area contributed by atoms with Gasteiger partial charge in [0.1, 0.15) is 0 Å². The van der Waals surface area contributed by atoms with Crippen LogP contribution in [0.5, 0.6) is 0 Å². The SMILES string of the molecule is CCc1cccc(-c2c(Cl)cccc2C(CCCC(O)C2CCCN(C(=O)c3ccc(CN)cc3)C2)OC)c1. The van der Waals surface area contributed by atoms with E-state index in [0.717, 1.165) is 60.9 Å². The van der Waals surface area contributed by atoms with Gasteiger partial charge in [-0.2, -0.15) is 0 Å². The van der Waals surface area contributed by atoms with E-state index in [1.165, 1.54) is 5.56 Å². The Balaban J connectivity index is 1.37. The highest BCUT2D eigenvalue weighted by Crippen LogP contribution is 2.38. The van der Waals surface area contributed by atoms with Crippen molar-refractivity contribution >= 4 is 17.5 Å². The molecule has 3 aromatic rings. The lowest BCUT2D eigenvalue weighted by Gasteiger charge is -2.35. The Morgan fingerprint density at radius 3 is 2.59 bits per heavy atom. The molecule has 1 aliphatic rings. The first-order valence-corrected chi connectivity index (χ1v) is 14.5. The van der Waals surface area contributed by atoms with Crippen molar-refractivity contribution in [1.82, 2.24) is 4.90 Å². The Hall–Kier alpha value is -2.70. The summed E-state index contributed by atoms with van der Waals surface area (Å²) in [4.78, 5) is 15.0. The van der Waals surface area contributed by atoms with E-state index in [2.05, 4.69) is 37.3 Å². The third-order valence-electron chi connectivity index (χ3n) is 7.99. The highest BCUT2D eigenvalue weighted by Gasteiger charge is 2.29. The Morgan fingerprint density at radius 2 is 1.87 bits per heavy atom. The van der Waals surface area contributed by atoms with Crippen LogP contribution in [-0.2, 0) is 17.7 Å². The molecule has 3 atom stereocenters. The van der Waals surface area contributed by atoms with Crippen molar-refractivity contribution in [1.29, 1.82) is 0 Å². The number of ether oxygens (including phenoxy) is 1. The van der Waals surface area contributed by atoms with E-state index in [1.54, 1.807) is 7.11 Å². The minimum atomic E-state index is -0.460. The molecule has 3 unspecified atom stereocenters. The first kappa shape index (κ1) is 29.3. The Labute approximate surface area is 237 Å². The molecule has 0 radical (unpaired) electrons. The van der Waals surface area contributed by atoms with Gasteiger partial charge in [0.25, 0.3) is 5.91 Å². The van der Waals surface area contributed by atoms with Gasteiger partial charge in [0.2, 0.25) is 0 Å². The molecule has 0 aliphatic carbocycles. The number of benzene rings is 3. The van der Waals surface area contributed by atoms with E-state index in [1.807, 2.05) is 41.3 Å². The van der Waals surface area contributed by atoms with Crippen LogP contribution in [0.2, 0.25) is 5.02 Å². The van der Waals surface area contributed by atoms with E-state index < -0.39 is 6.10 Å². The average molecular weight is 549 g/mol. The second-order valence-electron chi connectivity index (χ2n) is 10.5. The topological polar surface area (TPSA) is 75.8 Å². The number of halogens is 1. The minimum Gasteiger partial charge on any atom is -0.393 e. The van der Waals surface area contributed by atoms with Gasteiger partial charge in [-0.05, 0) is 79.0 Å². The summed E-state index contributed by atoms with van der Waals surface area (Å²) in [5.41, 5.74) is 11.8. The fourth-order valence-electron chi connectivity index (χ4n) is 5.68. The number of hydrogen-bond acceptors (Lipinski definition) is 4. The van der Waals surface area contributed by atoms with E-state index >= 15 is 0 Å². The molecule has 0 bridgehead atoms. The van der Waals surface area contributed by atoms with Crippen LogP contribution in [0.25, 0.3) is 11.1 Å². The van der Waals surface area contributed by atoms with E-state index in [9.17, 15) is 9.90 Å². The van der Waals surface area contributed by atoms with Gasteiger partial charge >= 0.3 is 0 Å². The summed E-state index contributed by atoms with van der Waals surface area (Å²) in [6.45, 7) is 3.92. The molecule has 1 heterocycles. The zero-order valence-corrected chi connectivity index (χ0v) is 23.9. The molecule has 3 N–H and O–H groups in total. The van der Waals surface area contributed by atoms with Gasteiger partial charge in [0, 0.05) is 48.8 Å². The number of aliphatic hydroxyl groups excluding tert-OH is 1. The van der Waals surface area contributed by atoms with Gasteiger partial charge in [-0.3, -0.25) is 4.79 Å². The molecule has 39 heavy (non-hydrogen) atoms. The zero-order valence-electron chi connectivity index (χ0n) is 23.1. The van der Waals surface area contributed by atoms with E-state index in [0.29, 0.717) is 30.1 Å². The van der Waals surface area contributed by atoms with Crippen LogP contribution in [0, 0.1) is 5.92 Å². The van der Waals surface area contributed by atoms with Crippen LogP contribution in [0.4, 0.5) is 0 Å². The van der Waals surface area contributed by atoms with Crippen molar-refractivity contribution in [2.75, 3.05) is 20.2 Å². The number of aliphatic hydroxyl groups is 1. The number of aryl methyl sites for hydroxylation is 1. The molecule has 208 valence electrons. The lowest BCUT2D eigenvalue weighted by atomic mass is 9.88. The first-order valence-electron chi connectivity index (χ1n) is 14.1. The molecule has 0 aromatic heterocycles. The lowest BCUT2D eigenvalue weighted by Crippen LogP contribution is -2.43. The maximum absolute atomic E-state index is 13.1. The number of hydrogen-bond donors (Lipinski definition) is 2. The zero-order chi connectivity index (χ0) is 27.8. The molecule has 1 saturated heterocycles. The van der Waals surface area contributed by atoms with E-state index in [4.69, 9.17) is 22.1 Å². The highest BCUT2D eigenvalue weighted by atomic mass is 35.5. The monoisotopic (exact) mass is 548 g/mol. The molecule has 1 amide bonds. The smallest absolute Gasteiger partial charge is 0.253 e. The number of amides is 1. The summed E-state index contributed by atoms with van der Waals surface area (Å²) in [5.74, 6) is 0.0982. The number of methoxy groups -OCH3 is 1. The second kappa shape index (κ2) is 14.1. The molecular formula is C33H41ClN2O3. The maximum atomic E-state index is 13.1. The van der Waals surface area contributed by atoms with Crippen LogP contribution >= 0.6 is 11.6 Å². The molecule has 3 aromatic carbocycles. The maximum Gasteiger partial charge on any atom is 0.253 e. The summed E-state index contributed by atoms with van der Waals surface area (Å²) in [7, 11) is 1.74. The molecule has 6 heteroatoms. The van der Waals surface area contributed by atoms with Crippen molar-refractivity contribution < 1.29 is 14.6 Å². The summed E-state index contributed by atoms with van der Waals surface area (Å²) >= 11 is 6.71. The summed E-state index contributed by atoms with van der Waals surface area (Å²) in [6, 6.07) is 22.0. The number of nitrogens with two attached hydrogens (primary N) is 1. The van der Waals surface area contributed by atoms with Gasteiger partial charge in [-0.15, -0.1) is 0 Å². The van der Waals surface area contributed by atoms with E-state index in [-0.39, 0.29) is 17.9 Å². The predicted octanol–water partition coefficient (Wildman–Crippen LogP) is 6.80. The Bertz CT molecular complexity index is 1230. The number of carbonyl (C=O) groups excluding carboxylic acids is 1. The molecule has 1 fully saturated rings. The quantitative estimate of drug-likeness (QED) is 0.276. The summed E-state index contributed by atoms with van der Waals surface area (Å²) < 4.78 is 5.95. The number of nitrogens with zero attached hydrogens (tertiary/aromatic N) is 1.